The van der Waals surface area contributed by atoms with E-state index in [0.29, 0.717) is 6.61 Å². The molecule has 3 N–H and O–H groups in total. The highest BCUT2D eigenvalue weighted by Crippen LogP contribution is 2.24. The van der Waals surface area contributed by atoms with Gasteiger partial charge in [-0.2, -0.15) is 0 Å². The second-order valence-corrected chi connectivity index (χ2v) is 5.24. The third kappa shape index (κ3) is 2.51. The minimum absolute atomic E-state index is 0.00997. The molecule has 4 nitrogen and oxygen atoms in total. The molecule has 1 aromatic rings. The Morgan fingerprint density at radius 2 is 2.47 bits per heavy atom. The zero-order valence-electron chi connectivity index (χ0n) is 10.1. The van der Waals surface area contributed by atoms with Crippen molar-refractivity contribution in [1.29, 1.82) is 0 Å². The number of carbonyl (C=O) groups excluding carboxylic acids is 1. The normalized spacial score (nSPS) is 27.6. The molecular formula is C12H18N2O2S. The third-order valence-corrected chi connectivity index (χ3v) is 4.13. The molecule has 94 valence electrons. The average molecular weight is 254 g/mol. The van der Waals surface area contributed by atoms with E-state index < -0.39 is 0 Å². The van der Waals surface area contributed by atoms with E-state index in [1.165, 1.54) is 11.3 Å². The van der Waals surface area contributed by atoms with Crippen molar-refractivity contribution in [2.75, 3.05) is 6.61 Å². The molecule has 0 saturated heterocycles. The largest absolute Gasteiger partial charge is 0.376 e. The van der Waals surface area contributed by atoms with Crippen molar-refractivity contribution in [3.63, 3.8) is 0 Å². The van der Waals surface area contributed by atoms with Crippen LogP contribution in [0.4, 0.5) is 0 Å². The molecule has 1 aromatic heterocycles. The van der Waals surface area contributed by atoms with Gasteiger partial charge in [0.25, 0.3) is 5.91 Å². The second-order valence-electron chi connectivity index (χ2n) is 4.33. The van der Waals surface area contributed by atoms with Crippen molar-refractivity contribution in [3.8, 4) is 0 Å². The Kier molecular flexibility index (Phi) is 3.81. The molecule has 1 fully saturated rings. The lowest BCUT2D eigenvalue weighted by molar-refractivity contribution is -0.0299. The molecule has 1 saturated carbocycles. The first-order valence-electron chi connectivity index (χ1n) is 5.85. The summed E-state index contributed by atoms with van der Waals surface area (Å²) in [6.45, 7) is 4.54. The number of hydrogen-bond donors (Lipinski definition) is 2. The molecule has 1 heterocycles. The monoisotopic (exact) mass is 254 g/mol. The third-order valence-electron chi connectivity index (χ3n) is 3.11. The smallest absolute Gasteiger partial charge is 0.261 e. The van der Waals surface area contributed by atoms with Crippen LogP contribution in [0.5, 0.6) is 0 Å². The first-order chi connectivity index (χ1) is 8.13. The van der Waals surface area contributed by atoms with Crippen molar-refractivity contribution in [3.05, 3.63) is 21.9 Å². The lowest BCUT2D eigenvalue weighted by atomic mass is 9.83. The molecule has 0 radical (unpaired) electrons. The summed E-state index contributed by atoms with van der Waals surface area (Å²) in [5.74, 6) is -0.0395. The van der Waals surface area contributed by atoms with Crippen molar-refractivity contribution in [2.24, 2.45) is 5.73 Å². The molecular weight excluding hydrogens is 236 g/mol. The van der Waals surface area contributed by atoms with Gasteiger partial charge in [0.15, 0.2) is 0 Å². The fourth-order valence-electron chi connectivity index (χ4n) is 2.05. The van der Waals surface area contributed by atoms with Crippen LogP contribution >= 0.6 is 11.3 Å². The van der Waals surface area contributed by atoms with Crippen molar-refractivity contribution < 1.29 is 9.53 Å². The van der Waals surface area contributed by atoms with Gasteiger partial charge in [0.05, 0.1) is 17.0 Å². The summed E-state index contributed by atoms with van der Waals surface area (Å²) in [6, 6.07) is 1.90. The van der Waals surface area contributed by atoms with E-state index in [1.807, 2.05) is 25.3 Å². The van der Waals surface area contributed by atoms with E-state index in [-0.39, 0.29) is 24.1 Å². The first-order valence-corrected chi connectivity index (χ1v) is 6.73. The van der Waals surface area contributed by atoms with Crippen molar-refractivity contribution >= 4 is 17.2 Å². The first kappa shape index (κ1) is 12.5. The van der Waals surface area contributed by atoms with Crippen LogP contribution in [-0.4, -0.2) is 30.7 Å². The van der Waals surface area contributed by atoms with Crippen LogP contribution in [0.3, 0.4) is 0 Å². The van der Waals surface area contributed by atoms with E-state index in [2.05, 4.69) is 5.32 Å². The molecule has 17 heavy (non-hydrogen) atoms. The minimum atomic E-state index is -0.0519. The SMILES string of the molecule is CCOC1CC(N)C1NC(=O)c1sccc1C. The Morgan fingerprint density at radius 1 is 1.71 bits per heavy atom. The van der Waals surface area contributed by atoms with Crippen LogP contribution in [0.15, 0.2) is 11.4 Å². The summed E-state index contributed by atoms with van der Waals surface area (Å²) in [7, 11) is 0. The number of nitrogens with one attached hydrogen (secondary N) is 1. The van der Waals surface area contributed by atoms with Crippen LogP contribution in [-0.2, 0) is 4.74 Å². The van der Waals surface area contributed by atoms with E-state index >= 15 is 0 Å². The maximum Gasteiger partial charge on any atom is 0.261 e. The fraction of sp³-hybridized carbons (Fsp3) is 0.583. The molecule has 1 aliphatic rings. The van der Waals surface area contributed by atoms with Crippen LogP contribution in [0.2, 0.25) is 0 Å². The van der Waals surface area contributed by atoms with Gasteiger partial charge in [-0.15, -0.1) is 11.3 Å². The van der Waals surface area contributed by atoms with Crippen molar-refractivity contribution in [1.82, 2.24) is 5.32 Å². The van der Waals surface area contributed by atoms with Crippen LogP contribution in [0, 0.1) is 6.92 Å². The van der Waals surface area contributed by atoms with Gasteiger partial charge in [0.1, 0.15) is 0 Å². The highest BCUT2D eigenvalue weighted by molar-refractivity contribution is 7.12. The standard InChI is InChI=1S/C12H18N2O2S/c1-3-16-9-6-8(13)10(9)14-12(15)11-7(2)4-5-17-11/h4-5,8-10H,3,6,13H2,1-2H3,(H,14,15). The van der Waals surface area contributed by atoms with E-state index in [1.54, 1.807) is 0 Å². The lowest BCUT2D eigenvalue weighted by Gasteiger charge is -2.42. The lowest BCUT2D eigenvalue weighted by Crippen LogP contribution is -2.64. The molecule has 3 atom stereocenters. The Hall–Kier alpha value is -0.910. The molecule has 1 aliphatic carbocycles. The van der Waals surface area contributed by atoms with Crippen LogP contribution in [0.1, 0.15) is 28.6 Å². The summed E-state index contributed by atoms with van der Waals surface area (Å²) < 4.78 is 5.52. The highest BCUT2D eigenvalue weighted by atomic mass is 32.1. The Bertz CT molecular complexity index is 403. The number of nitrogens with two attached hydrogens (primary N) is 1. The molecule has 5 heteroatoms. The Morgan fingerprint density at radius 3 is 3.00 bits per heavy atom. The number of hydrogen-bond acceptors (Lipinski definition) is 4. The van der Waals surface area contributed by atoms with Gasteiger partial charge in [-0.25, -0.2) is 0 Å². The molecule has 2 rings (SSSR count). The number of aryl methyl sites for hydroxylation is 1. The average Bonchev–Trinajstić information content (AvgIpc) is 2.72. The van der Waals surface area contributed by atoms with Gasteiger partial charge in [0, 0.05) is 12.6 Å². The maximum absolute atomic E-state index is 12.0. The molecule has 0 aliphatic heterocycles. The van der Waals surface area contributed by atoms with E-state index in [0.717, 1.165) is 16.9 Å². The predicted octanol–water partition coefficient (Wildman–Crippen LogP) is 1.29. The summed E-state index contributed by atoms with van der Waals surface area (Å²) in [6.07, 6.45) is 0.890. The number of thiophene rings is 1. The Balaban J connectivity index is 1.97. The van der Waals surface area contributed by atoms with Crippen molar-refractivity contribution in [2.45, 2.75) is 38.5 Å². The summed E-state index contributed by atoms with van der Waals surface area (Å²) in [5, 5.41) is 4.89. The van der Waals surface area contributed by atoms with E-state index in [4.69, 9.17) is 10.5 Å². The maximum atomic E-state index is 12.0. The molecule has 0 bridgehead atoms. The van der Waals surface area contributed by atoms with Gasteiger partial charge in [0.2, 0.25) is 0 Å². The quantitative estimate of drug-likeness (QED) is 0.851. The topological polar surface area (TPSA) is 64.3 Å². The second kappa shape index (κ2) is 5.16. The highest BCUT2D eigenvalue weighted by Gasteiger charge is 2.40. The summed E-state index contributed by atoms with van der Waals surface area (Å²) in [4.78, 5) is 12.8. The molecule has 0 aromatic carbocycles. The zero-order valence-corrected chi connectivity index (χ0v) is 10.9. The zero-order chi connectivity index (χ0) is 12.4. The number of rotatable bonds is 4. The van der Waals surface area contributed by atoms with Crippen LogP contribution < -0.4 is 11.1 Å². The number of ether oxygens (including phenoxy) is 1. The number of amides is 1. The van der Waals surface area contributed by atoms with Gasteiger partial charge in [-0.1, -0.05) is 0 Å². The van der Waals surface area contributed by atoms with E-state index in [9.17, 15) is 4.79 Å². The molecule has 0 spiro atoms. The van der Waals surface area contributed by atoms with Gasteiger partial charge >= 0.3 is 0 Å². The van der Waals surface area contributed by atoms with Crippen LogP contribution in [0.25, 0.3) is 0 Å². The summed E-state index contributed by atoms with van der Waals surface area (Å²) in [5.41, 5.74) is 6.90. The van der Waals surface area contributed by atoms with Gasteiger partial charge in [-0.05, 0) is 37.3 Å². The Labute approximate surface area is 105 Å². The minimum Gasteiger partial charge on any atom is -0.376 e. The van der Waals surface area contributed by atoms with Gasteiger partial charge < -0.3 is 15.8 Å². The predicted molar refractivity (Wildman–Crippen MR) is 68.3 cm³/mol. The number of carbonyl (C=O) groups is 1. The fourth-order valence-corrected chi connectivity index (χ4v) is 2.88. The van der Waals surface area contributed by atoms with Gasteiger partial charge in [-0.3, -0.25) is 4.79 Å². The summed E-state index contributed by atoms with van der Waals surface area (Å²) >= 11 is 1.46. The molecule has 3 unspecified atom stereocenters. The molecule has 1 amide bonds.